The Labute approximate surface area is 172 Å². The van der Waals surface area contributed by atoms with Gasteiger partial charge in [-0.2, -0.15) is 9.78 Å². The number of ether oxygens (including phenoxy) is 1. The molecule has 0 radical (unpaired) electrons. The maximum absolute atomic E-state index is 13.2. The lowest BCUT2D eigenvalue weighted by Gasteiger charge is -2.13. The van der Waals surface area contributed by atoms with Crippen molar-refractivity contribution >= 4 is 17.6 Å². The fraction of sp³-hybridized carbons (Fsp3) is 0.182. The molecule has 0 spiro atoms. The third kappa shape index (κ3) is 4.60. The fourth-order valence-electron chi connectivity index (χ4n) is 2.97. The van der Waals surface area contributed by atoms with Crippen LogP contribution in [0.15, 0.2) is 53.3 Å². The molecule has 0 aliphatic rings. The molecule has 154 valence electrons. The quantitative estimate of drug-likeness (QED) is 0.652. The summed E-state index contributed by atoms with van der Waals surface area (Å²) >= 11 is 0. The molecule has 30 heavy (non-hydrogen) atoms. The number of halogens is 1. The Morgan fingerprint density at radius 3 is 2.30 bits per heavy atom. The SMILES string of the molecule is CCOC(=O)c1nn(-c2ccc(F)cc2)c(=O)cc1NC(=O)c1cc(C)cc(C)c1. The third-order valence-corrected chi connectivity index (χ3v) is 4.20. The molecule has 1 aromatic heterocycles. The van der Waals surface area contributed by atoms with E-state index < -0.39 is 23.3 Å². The number of nitrogens with one attached hydrogen (secondary N) is 1. The number of amides is 1. The first-order chi connectivity index (χ1) is 14.3. The van der Waals surface area contributed by atoms with Crippen molar-refractivity contribution in [2.24, 2.45) is 0 Å². The van der Waals surface area contributed by atoms with Gasteiger partial charge >= 0.3 is 5.97 Å². The van der Waals surface area contributed by atoms with E-state index in [9.17, 15) is 18.8 Å². The molecule has 0 saturated carbocycles. The first-order valence-electron chi connectivity index (χ1n) is 9.25. The van der Waals surface area contributed by atoms with E-state index in [0.29, 0.717) is 5.56 Å². The number of benzene rings is 2. The highest BCUT2D eigenvalue weighted by atomic mass is 19.1. The summed E-state index contributed by atoms with van der Waals surface area (Å²) in [6.07, 6.45) is 0. The number of rotatable bonds is 5. The van der Waals surface area contributed by atoms with Gasteiger partial charge in [-0.1, -0.05) is 17.2 Å². The van der Waals surface area contributed by atoms with Crippen LogP contribution in [0.25, 0.3) is 5.69 Å². The smallest absolute Gasteiger partial charge is 0.360 e. The van der Waals surface area contributed by atoms with Gasteiger partial charge in [-0.3, -0.25) is 9.59 Å². The lowest BCUT2D eigenvalue weighted by molar-refractivity contribution is 0.0518. The Hall–Kier alpha value is -3.81. The minimum atomic E-state index is -0.802. The van der Waals surface area contributed by atoms with E-state index in [1.807, 2.05) is 19.9 Å². The fourth-order valence-corrected chi connectivity index (χ4v) is 2.97. The number of carbonyl (C=O) groups is 2. The van der Waals surface area contributed by atoms with Gasteiger partial charge in [0.2, 0.25) is 0 Å². The summed E-state index contributed by atoms with van der Waals surface area (Å²) in [4.78, 5) is 37.7. The highest BCUT2D eigenvalue weighted by Gasteiger charge is 2.21. The molecule has 3 aromatic rings. The van der Waals surface area contributed by atoms with Gasteiger partial charge in [0.1, 0.15) is 5.82 Å². The van der Waals surface area contributed by atoms with Crippen LogP contribution in [0, 0.1) is 19.7 Å². The molecule has 0 aliphatic carbocycles. The van der Waals surface area contributed by atoms with Crippen molar-refractivity contribution in [1.82, 2.24) is 9.78 Å². The van der Waals surface area contributed by atoms with Crippen molar-refractivity contribution in [1.29, 1.82) is 0 Å². The van der Waals surface area contributed by atoms with E-state index in [1.54, 1.807) is 19.1 Å². The predicted molar refractivity (Wildman–Crippen MR) is 110 cm³/mol. The zero-order chi connectivity index (χ0) is 21.8. The Balaban J connectivity index is 2.05. The van der Waals surface area contributed by atoms with Gasteiger partial charge in [0.15, 0.2) is 5.69 Å². The van der Waals surface area contributed by atoms with Gasteiger partial charge in [0.05, 0.1) is 18.0 Å². The van der Waals surface area contributed by atoms with Crippen LogP contribution >= 0.6 is 0 Å². The van der Waals surface area contributed by atoms with Gasteiger partial charge in [-0.15, -0.1) is 0 Å². The summed E-state index contributed by atoms with van der Waals surface area (Å²) in [6.45, 7) is 5.43. The largest absolute Gasteiger partial charge is 0.461 e. The summed E-state index contributed by atoms with van der Waals surface area (Å²) in [5, 5.41) is 6.64. The molecule has 0 saturated heterocycles. The van der Waals surface area contributed by atoms with E-state index in [1.165, 1.54) is 24.3 Å². The number of carbonyl (C=O) groups excluding carboxylic acids is 2. The molecule has 2 aromatic carbocycles. The zero-order valence-corrected chi connectivity index (χ0v) is 16.7. The maximum atomic E-state index is 13.2. The van der Waals surface area contributed by atoms with Crippen molar-refractivity contribution in [3.63, 3.8) is 0 Å². The zero-order valence-electron chi connectivity index (χ0n) is 16.7. The molecule has 1 heterocycles. The molecule has 1 N–H and O–H groups in total. The monoisotopic (exact) mass is 409 g/mol. The molecule has 8 heteroatoms. The van der Waals surface area contributed by atoms with Crippen LogP contribution in [0.5, 0.6) is 0 Å². The highest BCUT2D eigenvalue weighted by Crippen LogP contribution is 2.17. The molecule has 0 aliphatic heterocycles. The first kappa shape index (κ1) is 20.9. The first-order valence-corrected chi connectivity index (χ1v) is 9.25. The van der Waals surface area contributed by atoms with Crippen LogP contribution in [0.3, 0.4) is 0 Å². The molecule has 0 unspecified atom stereocenters. The normalized spacial score (nSPS) is 10.5. The summed E-state index contributed by atoms with van der Waals surface area (Å²) in [5.41, 5.74) is 1.53. The van der Waals surface area contributed by atoms with E-state index >= 15 is 0 Å². The van der Waals surface area contributed by atoms with E-state index in [-0.39, 0.29) is 23.7 Å². The molecule has 7 nitrogen and oxygen atoms in total. The van der Waals surface area contributed by atoms with Crippen LogP contribution in [-0.4, -0.2) is 28.3 Å². The third-order valence-electron chi connectivity index (χ3n) is 4.20. The van der Waals surface area contributed by atoms with Crippen molar-refractivity contribution in [2.45, 2.75) is 20.8 Å². The number of esters is 1. The number of aromatic nitrogens is 2. The molecule has 1 amide bonds. The second-order valence-electron chi connectivity index (χ2n) is 6.68. The van der Waals surface area contributed by atoms with Gasteiger partial charge in [-0.25, -0.2) is 9.18 Å². The van der Waals surface area contributed by atoms with Crippen molar-refractivity contribution < 1.29 is 18.7 Å². The number of aryl methyl sites for hydroxylation is 2. The molecular weight excluding hydrogens is 389 g/mol. The minimum absolute atomic E-state index is 0.0685. The van der Waals surface area contributed by atoms with Crippen molar-refractivity contribution in [3.05, 3.63) is 87.1 Å². The predicted octanol–water partition coefficient (Wildman–Crippen LogP) is 3.42. The number of nitrogens with zero attached hydrogens (tertiary/aromatic N) is 2. The molecule has 3 rings (SSSR count). The highest BCUT2D eigenvalue weighted by molar-refractivity contribution is 6.07. The average Bonchev–Trinajstić information content (AvgIpc) is 2.68. The molecule has 0 bridgehead atoms. The van der Waals surface area contributed by atoms with Crippen LogP contribution in [-0.2, 0) is 4.74 Å². The molecule has 0 atom stereocenters. The second kappa shape index (κ2) is 8.69. The Bertz CT molecular complexity index is 1150. The van der Waals surface area contributed by atoms with Crippen LogP contribution in [0.1, 0.15) is 38.9 Å². The van der Waals surface area contributed by atoms with Crippen molar-refractivity contribution in [3.8, 4) is 5.69 Å². The van der Waals surface area contributed by atoms with Gasteiger partial charge < -0.3 is 10.1 Å². The molecular formula is C22H20FN3O4. The van der Waals surface area contributed by atoms with Crippen LogP contribution in [0.4, 0.5) is 10.1 Å². The minimum Gasteiger partial charge on any atom is -0.461 e. The average molecular weight is 409 g/mol. The van der Waals surface area contributed by atoms with Gasteiger partial charge in [0.25, 0.3) is 11.5 Å². The topological polar surface area (TPSA) is 90.3 Å². The summed E-state index contributed by atoms with van der Waals surface area (Å²) in [5.74, 6) is -1.77. The maximum Gasteiger partial charge on any atom is 0.360 e. The number of hydrogen-bond donors (Lipinski definition) is 1. The van der Waals surface area contributed by atoms with E-state index in [4.69, 9.17) is 4.74 Å². The summed E-state index contributed by atoms with van der Waals surface area (Å²) in [6, 6.07) is 11.4. The summed E-state index contributed by atoms with van der Waals surface area (Å²) < 4.78 is 19.2. The Morgan fingerprint density at radius 2 is 1.70 bits per heavy atom. The molecule has 0 fully saturated rings. The lowest BCUT2D eigenvalue weighted by Crippen LogP contribution is -2.27. The van der Waals surface area contributed by atoms with E-state index in [2.05, 4.69) is 10.4 Å². The number of anilines is 1. The van der Waals surface area contributed by atoms with Crippen molar-refractivity contribution in [2.75, 3.05) is 11.9 Å². The second-order valence-corrected chi connectivity index (χ2v) is 6.68. The van der Waals surface area contributed by atoms with Crippen LogP contribution in [0.2, 0.25) is 0 Å². The lowest BCUT2D eigenvalue weighted by atomic mass is 10.1. The Morgan fingerprint density at radius 1 is 1.07 bits per heavy atom. The van der Waals surface area contributed by atoms with Gasteiger partial charge in [0, 0.05) is 11.6 Å². The summed E-state index contributed by atoms with van der Waals surface area (Å²) in [7, 11) is 0. The van der Waals surface area contributed by atoms with E-state index in [0.717, 1.165) is 21.9 Å². The Kier molecular flexibility index (Phi) is 6.06. The van der Waals surface area contributed by atoms with Gasteiger partial charge in [-0.05, 0) is 57.2 Å². The van der Waals surface area contributed by atoms with Crippen LogP contribution < -0.4 is 10.9 Å². The number of hydrogen-bond acceptors (Lipinski definition) is 5. The standard InChI is InChI=1S/C22H20FN3O4/c1-4-30-22(29)20-18(24-21(28)15-10-13(2)9-14(3)11-15)12-19(27)26(25-20)17-7-5-16(23)6-8-17/h5-12H,4H2,1-3H3,(H,24,28).